The number of nitrogens with one attached hydrogen (secondary N) is 4. The van der Waals surface area contributed by atoms with Crippen molar-refractivity contribution in [1.29, 1.82) is 0 Å². The van der Waals surface area contributed by atoms with Crippen molar-refractivity contribution >= 4 is 28.4 Å². The standard InChI is InChI=1S/C26H30N8O/c1-17(19-5-4-6-20-21(26(35)28-3)9-10-30-25(19)20)14-31-24-13-22(33-16-34-24)18-7-8-23(32-15-18)29-12-11-27-2/h4-10,13,15-17,27H,11-12,14H2,1-3H3,(H,28,35)(H,29,32)(H,31,33,34). The molecule has 35 heavy (non-hydrogen) atoms. The van der Waals surface area contributed by atoms with Crippen LogP contribution in [0.3, 0.4) is 0 Å². The predicted octanol–water partition coefficient (Wildman–Crippen LogP) is 3.29. The van der Waals surface area contributed by atoms with Crippen LogP contribution in [0, 0.1) is 0 Å². The van der Waals surface area contributed by atoms with Gasteiger partial charge in [-0.25, -0.2) is 15.0 Å². The van der Waals surface area contributed by atoms with Crippen LogP contribution in [0.1, 0.15) is 28.8 Å². The van der Waals surface area contributed by atoms with Gasteiger partial charge in [-0.05, 0) is 30.8 Å². The Morgan fingerprint density at radius 1 is 0.943 bits per heavy atom. The minimum atomic E-state index is -0.120. The van der Waals surface area contributed by atoms with Gasteiger partial charge in [-0.2, -0.15) is 0 Å². The lowest BCUT2D eigenvalue weighted by molar-refractivity contribution is 0.0964. The molecule has 9 nitrogen and oxygen atoms in total. The Hall–Kier alpha value is -4.11. The van der Waals surface area contributed by atoms with Crippen molar-refractivity contribution in [2.45, 2.75) is 12.8 Å². The molecule has 0 aliphatic heterocycles. The minimum Gasteiger partial charge on any atom is -0.369 e. The van der Waals surface area contributed by atoms with Gasteiger partial charge in [0, 0.05) is 62.0 Å². The van der Waals surface area contributed by atoms with Gasteiger partial charge >= 0.3 is 0 Å². The molecule has 0 aliphatic carbocycles. The monoisotopic (exact) mass is 470 g/mol. The second-order valence-corrected chi connectivity index (χ2v) is 8.21. The molecule has 1 amide bonds. The summed E-state index contributed by atoms with van der Waals surface area (Å²) >= 11 is 0. The summed E-state index contributed by atoms with van der Waals surface area (Å²) in [4.78, 5) is 30.1. The van der Waals surface area contributed by atoms with E-state index < -0.39 is 0 Å². The van der Waals surface area contributed by atoms with Gasteiger partial charge in [0.25, 0.3) is 5.91 Å². The third-order valence-electron chi connectivity index (χ3n) is 5.80. The maximum absolute atomic E-state index is 12.3. The van der Waals surface area contributed by atoms with Crippen LogP contribution >= 0.6 is 0 Å². The Balaban J connectivity index is 1.46. The predicted molar refractivity (Wildman–Crippen MR) is 140 cm³/mol. The van der Waals surface area contributed by atoms with Crippen LogP contribution in [0.5, 0.6) is 0 Å². The Kier molecular flexibility index (Phi) is 7.79. The van der Waals surface area contributed by atoms with Crippen LogP contribution in [0.25, 0.3) is 22.2 Å². The average Bonchev–Trinajstić information content (AvgIpc) is 2.91. The van der Waals surface area contributed by atoms with Gasteiger partial charge in [0.05, 0.1) is 16.8 Å². The maximum Gasteiger partial charge on any atom is 0.251 e. The lowest BCUT2D eigenvalue weighted by Crippen LogP contribution is -2.18. The molecule has 1 atom stereocenters. The summed E-state index contributed by atoms with van der Waals surface area (Å²) in [5.41, 5.74) is 4.24. The molecule has 1 unspecified atom stereocenters. The van der Waals surface area contributed by atoms with Crippen molar-refractivity contribution in [2.75, 3.05) is 44.4 Å². The van der Waals surface area contributed by atoms with Crippen molar-refractivity contribution in [3.8, 4) is 11.3 Å². The first kappa shape index (κ1) is 24.0. The first-order chi connectivity index (χ1) is 17.1. The molecule has 0 saturated heterocycles. The number of hydrogen-bond acceptors (Lipinski definition) is 8. The van der Waals surface area contributed by atoms with Crippen LogP contribution < -0.4 is 21.3 Å². The highest BCUT2D eigenvalue weighted by Crippen LogP contribution is 2.27. The van der Waals surface area contributed by atoms with E-state index in [1.54, 1.807) is 25.6 Å². The first-order valence-electron chi connectivity index (χ1n) is 11.6. The number of rotatable bonds is 10. The smallest absolute Gasteiger partial charge is 0.251 e. The third-order valence-corrected chi connectivity index (χ3v) is 5.80. The minimum absolute atomic E-state index is 0.120. The van der Waals surface area contributed by atoms with Gasteiger partial charge < -0.3 is 21.3 Å². The van der Waals surface area contributed by atoms with E-state index in [-0.39, 0.29) is 11.8 Å². The fourth-order valence-corrected chi connectivity index (χ4v) is 3.87. The number of para-hydroxylation sites is 1. The highest BCUT2D eigenvalue weighted by atomic mass is 16.1. The van der Waals surface area contributed by atoms with E-state index in [0.29, 0.717) is 12.1 Å². The Labute approximate surface area is 204 Å². The number of nitrogens with zero attached hydrogens (tertiary/aromatic N) is 4. The van der Waals surface area contributed by atoms with Gasteiger partial charge in [-0.15, -0.1) is 0 Å². The molecule has 4 aromatic rings. The van der Waals surface area contributed by atoms with E-state index in [1.165, 1.54) is 0 Å². The molecule has 0 fully saturated rings. The Morgan fingerprint density at radius 3 is 2.60 bits per heavy atom. The summed E-state index contributed by atoms with van der Waals surface area (Å²) in [6.45, 7) is 4.45. The number of amides is 1. The van der Waals surface area contributed by atoms with Gasteiger partial charge in [0.15, 0.2) is 0 Å². The van der Waals surface area contributed by atoms with Crippen molar-refractivity contribution in [3.05, 3.63) is 72.3 Å². The van der Waals surface area contributed by atoms with Gasteiger partial charge in [-0.1, -0.05) is 25.1 Å². The van der Waals surface area contributed by atoms with Crippen LogP contribution in [0.15, 0.2) is 61.2 Å². The van der Waals surface area contributed by atoms with Crippen molar-refractivity contribution in [1.82, 2.24) is 30.6 Å². The highest BCUT2D eigenvalue weighted by molar-refractivity contribution is 6.06. The number of carbonyl (C=O) groups excluding carboxylic acids is 1. The third kappa shape index (κ3) is 5.70. The number of anilines is 2. The van der Waals surface area contributed by atoms with E-state index in [4.69, 9.17) is 0 Å². The van der Waals surface area contributed by atoms with Crippen molar-refractivity contribution in [3.63, 3.8) is 0 Å². The SMILES string of the molecule is CNCCNc1ccc(-c2cc(NCC(C)c3cccc4c(C(=O)NC)ccnc34)ncn2)cn1. The summed E-state index contributed by atoms with van der Waals surface area (Å²) < 4.78 is 0. The summed E-state index contributed by atoms with van der Waals surface area (Å²) in [5, 5.41) is 13.3. The number of fused-ring (bicyclic) bond motifs is 1. The molecule has 0 saturated carbocycles. The molecule has 3 heterocycles. The summed E-state index contributed by atoms with van der Waals surface area (Å²) in [6.07, 6.45) is 5.04. The van der Waals surface area contributed by atoms with Crippen LogP contribution in [-0.4, -0.2) is 59.6 Å². The molecule has 0 aliphatic rings. The first-order valence-corrected chi connectivity index (χ1v) is 11.6. The molecule has 0 spiro atoms. The lowest BCUT2D eigenvalue weighted by Gasteiger charge is -2.16. The van der Waals surface area contributed by atoms with Crippen LogP contribution in [0.2, 0.25) is 0 Å². The molecule has 180 valence electrons. The maximum atomic E-state index is 12.3. The summed E-state index contributed by atoms with van der Waals surface area (Å²) in [5.74, 6) is 1.57. The van der Waals surface area contributed by atoms with Crippen molar-refractivity contribution in [2.24, 2.45) is 0 Å². The molecule has 0 bridgehead atoms. The molecular weight excluding hydrogens is 440 g/mol. The fraction of sp³-hybridized carbons (Fsp3) is 0.269. The van der Waals surface area contributed by atoms with E-state index in [2.05, 4.69) is 54.2 Å². The highest BCUT2D eigenvalue weighted by Gasteiger charge is 2.15. The van der Waals surface area contributed by atoms with E-state index in [1.807, 2.05) is 43.6 Å². The Bertz CT molecular complexity index is 1290. The zero-order chi connectivity index (χ0) is 24.6. The second kappa shape index (κ2) is 11.3. The number of carbonyl (C=O) groups is 1. The topological polar surface area (TPSA) is 117 Å². The molecule has 9 heteroatoms. The molecule has 4 rings (SSSR count). The Morgan fingerprint density at radius 2 is 1.83 bits per heavy atom. The van der Waals surface area contributed by atoms with Gasteiger partial charge in [0.2, 0.25) is 0 Å². The largest absolute Gasteiger partial charge is 0.369 e. The zero-order valence-corrected chi connectivity index (χ0v) is 20.2. The number of pyridine rings is 2. The van der Waals surface area contributed by atoms with Crippen LogP contribution in [0.4, 0.5) is 11.6 Å². The summed E-state index contributed by atoms with van der Waals surface area (Å²) in [7, 11) is 3.55. The molecule has 4 N–H and O–H groups in total. The number of benzene rings is 1. The molecule has 0 radical (unpaired) electrons. The number of hydrogen-bond donors (Lipinski definition) is 4. The van der Waals surface area contributed by atoms with Gasteiger partial charge in [0.1, 0.15) is 18.0 Å². The average molecular weight is 471 g/mol. The zero-order valence-electron chi connectivity index (χ0n) is 20.2. The van der Waals surface area contributed by atoms with Crippen LogP contribution in [-0.2, 0) is 0 Å². The number of aromatic nitrogens is 4. The lowest BCUT2D eigenvalue weighted by atomic mass is 9.96. The normalized spacial score (nSPS) is 11.7. The van der Waals surface area contributed by atoms with E-state index in [0.717, 1.165) is 52.4 Å². The molecule has 3 aromatic heterocycles. The van der Waals surface area contributed by atoms with E-state index in [9.17, 15) is 4.79 Å². The fourth-order valence-electron chi connectivity index (χ4n) is 3.87. The van der Waals surface area contributed by atoms with E-state index >= 15 is 0 Å². The quantitative estimate of drug-likeness (QED) is 0.261. The second-order valence-electron chi connectivity index (χ2n) is 8.21. The van der Waals surface area contributed by atoms with Crippen molar-refractivity contribution < 1.29 is 4.79 Å². The molecule has 1 aromatic carbocycles. The number of likely N-dealkylation sites (N-methyl/N-ethyl adjacent to an activating group) is 1. The summed E-state index contributed by atoms with van der Waals surface area (Å²) in [6, 6.07) is 13.6. The van der Waals surface area contributed by atoms with Gasteiger partial charge in [-0.3, -0.25) is 9.78 Å². The molecular formula is C26H30N8O.